The Morgan fingerprint density at radius 3 is 2.54 bits per heavy atom. The molecule has 0 fully saturated rings. The molecular formula is C30H27F2N3O2. The molecule has 0 spiro atoms. The highest BCUT2D eigenvalue weighted by atomic mass is 19.1. The van der Waals surface area contributed by atoms with Gasteiger partial charge in [0, 0.05) is 37.1 Å². The van der Waals surface area contributed by atoms with Crippen LogP contribution in [0, 0.1) is 11.6 Å². The van der Waals surface area contributed by atoms with E-state index in [1.54, 1.807) is 10.9 Å². The maximum absolute atomic E-state index is 15.7. The summed E-state index contributed by atoms with van der Waals surface area (Å²) in [5.74, 6) is -2.60. The largest absolute Gasteiger partial charge is 0.478 e. The molecule has 1 unspecified atom stereocenters. The molecule has 0 aliphatic carbocycles. The van der Waals surface area contributed by atoms with E-state index in [1.807, 2.05) is 49.6 Å². The molecule has 3 aromatic carbocycles. The molecule has 5 nitrogen and oxygen atoms in total. The van der Waals surface area contributed by atoms with Gasteiger partial charge in [0.15, 0.2) is 0 Å². The van der Waals surface area contributed by atoms with Gasteiger partial charge in [-0.3, -0.25) is 4.68 Å². The van der Waals surface area contributed by atoms with Crippen LogP contribution in [-0.2, 0) is 24.7 Å². The number of hydrogen-bond acceptors (Lipinski definition) is 3. The number of fused-ring (bicyclic) bond motifs is 1. The highest BCUT2D eigenvalue weighted by Gasteiger charge is 2.34. The summed E-state index contributed by atoms with van der Waals surface area (Å²) in [4.78, 5) is 13.0. The summed E-state index contributed by atoms with van der Waals surface area (Å²) in [6.07, 6.45) is 7.31. The summed E-state index contributed by atoms with van der Waals surface area (Å²) < 4.78 is 33.1. The Morgan fingerprint density at radius 1 is 1.11 bits per heavy atom. The van der Waals surface area contributed by atoms with Gasteiger partial charge in [0.25, 0.3) is 0 Å². The van der Waals surface area contributed by atoms with Crippen LogP contribution in [0.3, 0.4) is 0 Å². The molecule has 0 saturated heterocycles. The van der Waals surface area contributed by atoms with Crippen LogP contribution in [0.5, 0.6) is 0 Å². The van der Waals surface area contributed by atoms with Crippen molar-refractivity contribution in [3.63, 3.8) is 0 Å². The van der Waals surface area contributed by atoms with E-state index in [4.69, 9.17) is 5.11 Å². The van der Waals surface area contributed by atoms with Crippen molar-refractivity contribution in [3.8, 4) is 11.1 Å². The van der Waals surface area contributed by atoms with Crippen LogP contribution >= 0.6 is 0 Å². The fraction of sp³-hybridized carbons (Fsp3) is 0.200. The van der Waals surface area contributed by atoms with E-state index in [2.05, 4.69) is 23.0 Å². The molecule has 0 amide bonds. The normalized spacial score (nSPS) is 15.2. The molecule has 4 aromatic rings. The number of aryl methyl sites for hydroxylation is 2. The quantitative estimate of drug-likeness (QED) is 0.322. The predicted octanol–water partition coefficient (Wildman–Crippen LogP) is 6.18. The van der Waals surface area contributed by atoms with Crippen LogP contribution < -0.4 is 4.90 Å². The zero-order valence-electron chi connectivity index (χ0n) is 20.7. The van der Waals surface area contributed by atoms with Crippen molar-refractivity contribution >= 4 is 17.7 Å². The molecule has 1 aliphatic rings. The topological polar surface area (TPSA) is 58.4 Å². The number of rotatable bonds is 6. The Morgan fingerprint density at radius 2 is 1.86 bits per heavy atom. The number of carboxylic acids is 1. The Bertz CT molecular complexity index is 1490. The molecule has 37 heavy (non-hydrogen) atoms. The third kappa shape index (κ3) is 4.77. The van der Waals surface area contributed by atoms with Gasteiger partial charge in [0.1, 0.15) is 11.6 Å². The molecule has 0 radical (unpaired) electrons. The first-order chi connectivity index (χ1) is 17.9. The predicted molar refractivity (Wildman–Crippen MR) is 140 cm³/mol. The summed E-state index contributed by atoms with van der Waals surface area (Å²) in [7, 11) is 1.86. The average molecular weight is 500 g/mol. The number of nitrogens with zero attached hydrogens (tertiary/aromatic N) is 3. The second-order valence-corrected chi connectivity index (χ2v) is 9.21. The minimum Gasteiger partial charge on any atom is -0.478 e. The van der Waals surface area contributed by atoms with Crippen LogP contribution in [-0.4, -0.2) is 27.4 Å². The third-order valence-corrected chi connectivity index (χ3v) is 6.88. The lowest BCUT2D eigenvalue weighted by molar-refractivity contribution is -0.131. The van der Waals surface area contributed by atoms with Gasteiger partial charge >= 0.3 is 5.97 Å². The summed E-state index contributed by atoms with van der Waals surface area (Å²) >= 11 is 0. The fourth-order valence-electron chi connectivity index (χ4n) is 5.17. The zero-order chi connectivity index (χ0) is 26.1. The van der Waals surface area contributed by atoms with Crippen LogP contribution in [0.25, 0.3) is 17.2 Å². The van der Waals surface area contributed by atoms with Gasteiger partial charge in [0.2, 0.25) is 0 Å². The molecule has 1 atom stereocenters. The lowest BCUT2D eigenvalue weighted by Gasteiger charge is -2.40. The van der Waals surface area contributed by atoms with Crippen molar-refractivity contribution in [2.75, 3.05) is 11.4 Å². The van der Waals surface area contributed by atoms with E-state index in [0.29, 0.717) is 6.54 Å². The molecule has 1 N–H and O–H groups in total. The van der Waals surface area contributed by atoms with E-state index in [0.717, 1.165) is 52.4 Å². The van der Waals surface area contributed by atoms with Crippen molar-refractivity contribution < 1.29 is 18.7 Å². The van der Waals surface area contributed by atoms with Crippen molar-refractivity contribution in [2.24, 2.45) is 7.05 Å². The number of aliphatic carboxylic acids is 1. The van der Waals surface area contributed by atoms with Crippen LogP contribution in [0.4, 0.5) is 14.5 Å². The number of anilines is 1. The van der Waals surface area contributed by atoms with Gasteiger partial charge in [0.05, 0.1) is 17.8 Å². The molecule has 7 heteroatoms. The minimum absolute atomic E-state index is 0.0477. The number of hydrogen-bond donors (Lipinski definition) is 1. The SMILES string of the molecule is CCc1ccccc1N1CCc2cc(-c3cnn(C)c3)ccc2C1c1c(F)cc(/C=C/C(=O)O)cc1F. The maximum Gasteiger partial charge on any atom is 0.328 e. The summed E-state index contributed by atoms with van der Waals surface area (Å²) in [5.41, 5.74) is 6.02. The van der Waals surface area contributed by atoms with Crippen LogP contribution in [0.1, 0.15) is 40.8 Å². The molecular weight excluding hydrogens is 472 g/mol. The first kappa shape index (κ1) is 24.4. The number of halogens is 2. The number of carbonyl (C=O) groups is 1. The molecule has 1 aromatic heterocycles. The molecule has 0 bridgehead atoms. The standard InChI is InChI=1S/C30H27F2N3O2/c1-3-20-6-4-5-7-27(20)35-13-12-22-16-21(23-17-33-34(2)18-23)9-10-24(22)30(35)29-25(31)14-19(15-26(29)32)8-11-28(36)37/h4-11,14-18,30H,3,12-13H2,1-2H3,(H,36,37)/b11-8+. The van der Waals surface area contributed by atoms with Crippen LogP contribution in [0.2, 0.25) is 0 Å². The Kier molecular flexibility index (Phi) is 6.61. The second-order valence-electron chi connectivity index (χ2n) is 9.21. The highest BCUT2D eigenvalue weighted by Crippen LogP contribution is 2.42. The Hall–Kier alpha value is -4.26. The second kappa shape index (κ2) is 10.0. The van der Waals surface area contributed by atoms with Gasteiger partial charge < -0.3 is 10.0 Å². The van der Waals surface area contributed by atoms with E-state index < -0.39 is 23.6 Å². The van der Waals surface area contributed by atoms with E-state index in [-0.39, 0.29) is 11.1 Å². The zero-order valence-corrected chi connectivity index (χ0v) is 20.7. The van der Waals surface area contributed by atoms with E-state index >= 15 is 8.78 Å². The monoisotopic (exact) mass is 499 g/mol. The molecule has 188 valence electrons. The van der Waals surface area contributed by atoms with Crippen molar-refractivity contribution in [3.05, 3.63) is 113 Å². The molecule has 0 saturated carbocycles. The maximum atomic E-state index is 15.7. The van der Waals surface area contributed by atoms with Crippen LogP contribution in [0.15, 0.2) is 73.1 Å². The summed E-state index contributed by atoms with van der Waals surface area (Å²) in [6, 6.07) is 15.7. The first-order valence-corrected chi connectivity index (χ1v) is 12.2. The molecule has 1 aliphatic heterocycles. The lowest BCUT2D eigenvalue weighted by Crippen LogP contribution is -2.37. The average Bonchev–Trinajstić information content (AvgIpc) is 3.33. The van der Waals surface area contributed by atoms with Gasteiger partial charge in [-0.25, -0.2) is 13.6 Å². The van der Waals surface area contributed by atoms with E-state index in [1.165, 1.54) is 18.2 Å². The highest BCUT2D eigenvalue weighted by molar-refractivity contribution is 5.85. The number of carboxylic acid groups (broad SMARTS) is 1. The van der Waals surface area contributed by atoms with Crippen molar-refractivity contribution in [1.82, 2.24) is 9.78 Å². The Labute approximate surface area is 214 Å². The van der Waals surface area contributed by atoms with Gasteiger partial charge in [-0.15, -0.1) is 0 Å². The van der Waals surface area contributed by atoms with Gasteiger partial charge in [-0.05, 0) is 64.9 Å². The number of benzene rings is 3. The van der Waals surface area contributed by atoms with Crippen molar-refractivity contribution in [1.29, 1.82) is 0 Å². The number of para-hydroxylation sites is 1. The fourth-order valence-corrected chi connectivity index (χ4v) is 5.17. The molecule has 5 rings (SSSR count). The number of aromatic nitrogens is 2. The summed E-state index contributed by atoms with van der Waals surface area (Å²) in [6.45, 7) is 2.65. The molecule has 2 heterocycles. The Balaban J connectivity index is 1.67. The van der Waals surface area contributed by atoms with Crippen molar-refractivity contribution in [2.45, 2.75) is 25.8 Å². The van der Waals surface area contributed by atoms with Gasteiger partial charge in [-0.2, -0.15) is 5.10 Å². The minimum atomic E-state index is -1.18. The smallest absolute Gasteiger partial charge is 0.328 e. The lowest BCUT2D eigenvalue weighted by atomic mass is 9.85. The summed E-state index contributed by atoms with van der Waals surface area (Å²) in [5, 5.41) is 13.2. The third-order valence-electron chi connectivity index (χ3n) is 6.88. The van der Waals surface area contributed by atoms with E-state index in [9.17, 15) is 4.79 Å². The van der Waals surface area contributed by atoms with Gasteiger partial charge in [-0.1, -0.05) is 43.3 Å². The first-order valence-electron chi connectivity index (χ1n) is 12.2.